The van der Waals surface area contributed by atoms with E-state index in [1.54, 1.807) is 30.3 Å². The molecule has 2 rings (SSSR count). The molecule has 9 nitrogen and oxygen atoms in total. The van der Waals surface area contributed by atoms with E-state index in [0.29, 0.717) is 5.69 Å². The predicted molar refractivity (Wildman–Crippen MR) is 106 cm³/mol. The van der Waals surface area contributed by atoms with Gasteiger partial charge in [-0.2, -0.15) is 5.10 Å². The van der Waals surface area contributed by atoms with E-state index in [2.05, 4.69) is 20.6 Å². The first kappa shape index (κ1) is 21.3. The second-order valence-electron chi connectivity index (χ2n) is 5.69. The van der Waals surface area contributed by atoms with E-state index in [4.69, 9.17) is 4.74 Å². The summed E-state index contributed by atoms with van der Waals surface area (Å²) in [5.41, 5.74) is 2.80. The zero-order valence-corrected chi connectivity index (χ0v) is 16.0. The van der Waals surface area contributed by atoms with Gasteiger partial charge in [-0.05, 0) is 30.3 Å². The minimum atomic E-state index is -0.736. The van der Waals surface area contributed by atoms with Crippen LogP contribution in [0.3, 0.4) is 0 Å². The Morgan fingerprint density at radius 1 is 0.897 bits per heavy atom. The van der Waals surface area contributed by atoms with E-state index in [9.17, 15) is 19.2 Å². The van der Waals surface area contributed by atoms with Gasteiger partial charge in [0, 0.05) is 12.6 Å². The minimum Gasteiger partial charge on any atom is -0.465 e. The molecule has 29 heavy (non-hydrogen) atoms. The van der Waals surface area contributed by atoms with Gasteiger partial charge < -0.3 is 14.8 Å². The number of hydrogen-bond donors (Lipinski definition) is 2. The number of esters is 2. The Morgan fingerprint density at radius 3 is 2.14 bits per heavy atom. The number of hydrazone groups is 1. The molecular formula is C20H19N3O6. The first-order chi connectivity index (χ1) is 13.9. The summed E-state index contributed by atoms with van der Waals surface area (Å²) in [6.45, 7) is 1.18. The molecule has 0 bridgehead atoms. The highest BCUT2D eigenvalue weighted by atomic mass is 16.5. The van der Waals surface area contributed by atoms with Crippen molar-refractivity contribution >= 4 is 40.7 Å². The van der Waals surface area contributed by atoms with Crippen LogP contribution in [-0.4, -0.2) is 43.6 Å². The highest BCUT2D eigenvalue weighted by Crippen LogP contribution is 2.20. The van der Waals surface area contributed by atoms with Crippen molar-refractivity contribution in [2.75, 3.05) is 25.0 Å². The third-order valence-electron chi connectivity index (χ3n) is 3.71. The molecule has 0 aliphatic carbocycles. The van der Waals surface area contributed by atoms with Gasteiger partial charge in [-0.1, -0.05) is 18.2 Å². The monoisotopic (exact) mass is 397 g/mol. The van der Waals surface area contributed by atoms with Crippen LogP contribution in [0.25, 0.3) is 0 Å². The predicted octanol–water partition coefficient (Wildman–Crippen LogP) is 2.26. The van der Waals surface area contributed by atoms with Crippen molar-refractivity contribution < 1.29 is 28.7 Å². The fourth-order valence-corrected chi connectivity index (χ4v) is 2.29. The van der Waals surface area contributed by atoms with Gasteiger partial charge in [-0.3, -0.25) is 15.0 Å². The Labute approximate surface area is 166 Å². The van der Waals surface area contributed by atoms with Crippen molar-refractivity contribution in [1.29, 1.82) is 0 Å². The molecule has 0 fully saturated rings. The Balaban J connectivity index is 2.36. The van der Waals surface area contributed by atoms with Gasteiger partial charge in [-0.15, -0.1) is 0 Å². The van der Waals surface area contributed by atoms with Crippen LogP contribution in [0, 0.1) is 0 Å². The number of para-hydroxylation sites is 1. The number of rotatable bonds is 7. The Bertz CT molecular complexity index is 969. The van der Waals surface area contributed by atoms with Crippen LogP contribution in [0.15, 0.2) is 53.6 Å². The number of ketones is 1. The van der Waals surface area contributed by atoms with Gasteiger partial charge in [0.25, 0.3) is 5.91 Å². The smallest absolute Gasteiger partial charge is 0.340 e. The molecule has 1 amide bonds. The fraction of sp³-hybridized carbons (Fsp3) is 0.150. The molecule has 0 spiro atoms. The quantitative estimate of drug-likeness (QED) is 0.318. The van der Waals surface area contributed by atoms with Gasteiger partial charge in [0.05, 0.1) is 31.0 Å². The Hall–Kier alpha value is -4.01. The lowest BCUT2D eigenvalue weighted by atomic mass is 10.1. The fourth-order valence-electron chi connectivity index (χ4n) is 2.29. The van der Waals surface area contributed by atoms with Crippen LogP contribution >= 0.6 is 0 Å². The summed E-state index contributed by atoms with van der Waals surface area (Å²) < 4.78 is 9.34. The number of nitrogens with one attached hydrogen (secondary N) is 2. The number of hydrogen-bond acceptors (Lipinski definition) is 8. The van der Waals surface area contributed by atoms with Gasteiger partial charge >= 0.3 is 11.9 Å². The van der Waals surface area contributed by atoms with Crippen molar-refractivity contribution in [2.45, 2.75) is 6.92 Å². The lowest BCUT2D eigenvalue weighted by molar-refractivity contribution is -0.114. The average Bonchev–Trinajstić information content (AvgIpc) is 2.73. The molecule has 2 N–H and O–H groups in total. The summed E-state index contributed by atoms with van der Waals surface area (Å²) >= 11 is 0. The van der Waals surface area contributed by atoms with Crippen LogP contribution in [0.2, 0.25) is 0 Å². The molecule has 9 heteroatoms. The third kappa shape index (κ3) is 5.48. The second-order valence-corrected chi connectivity index (χ2v) is 5.69. The van der Waals surface area contributed by atoms with Gasteiger partial charge in [-0.25, -0.2) is 9.59 Å². The van der Waals surface area contributed by atoms with Crippen molar-refractivity contribution in [2.24, 2.45) is 5.10 Å². The highest BCUT2D eigenvalue weighted by Gasteiger charge is 2.19. The molecule has 2 aromatic carbocycles. The topological polar surface area (TPSA) is 123 Å². The summed E-state index contributed by atoms with van der Waals surface area (Å²) in [4.78, 5) is 48.0. The molecule has 150 valence electrons. The summed E-state index contributed by atoms with van der Waals surface area (Å²) in [6, 6.07) is 12.5. The van der Waals surface area contributed by atoms with Gasteiger partial charge in [0.15, 0.2) is 11.5 Å². The van der Waals surface area contributed by atoms with Crippen LogP contribution in [0.4, 0.5) is 11.4 Å². The lowest BCUT2D eigenvalue weighted by Crippen LogP contribution is -2.29. The number of amides is 1. The Kier molecular flexibility index (Phi) is 7.19. The number of nitrogens with zero attached hydrogens (tertiary/aromatic N) is 1. The summed E-state index contributed by atoms with van der Waals surface area (Å²) in [7, 11) is 2.40. The molecule has 0 saturated carbocycles. The molecule has 0 saturated heterocycles. The van der Waals surface area contributed by atoms with E-state index in [1.807, 2.05) is 0 Å². The summed E-state index contributed by atoms with van der Waals surface area (Å²) in [5, 5.41) is 6.39. The second kappa shape index (κ2) is 9.79. The lowest BCUT2D eigenvalue weighted by Gasteiger charge is -2.10. The number of ether oxygens (including phenoxy) is 2. The average molecular weight is 397 g/mol. The number of carbonyl (C=O) groups is 4. The van der Waals surface area contributed by atoms with Crippen LogP contribution in [0.5, 0.6) is 0 Å². The largest absolute Gasteiger partial charge is 0.465 e. The molecule has 0 unspecified atom stereocenters. The first-order valence-electron chi connectivity index (χ1n) is 8.39. The number of benzene rings is 2. The third-order valence-corrected chi connectivity index (χ3v) is 3.71. The van der Waals surface area contributed by atoms with Gasteiger partial charge in [0.2, 0.25) is 0 Å². The van der Waals surface area contributed by atoms with Crippen molar-refractivity contribution in [3.8, 4) is 0 Å². The maximum Gasteiger partial charge on any atom is 0.340 e. The van der Waals surface area contributed by atoms with E-state index in [-0.39, 0.29) is 16.8 Å². The van der Waals surface area contributed by atoms with E-state index in [0.717, 1.165) is 0 Å². The standard InChI is InChI=1S/C20H19N3O6/c1-12(24)17(18(25)21-14-7-5-4-6-8-14)23-22-16-11-13(19(26)28-2)9-10-15(16)20(27)29-3/h4-11,22H,1-3H3,(H,21,25)/b23-17-. The molecule has 0 aromatic heterocycles. The minimum absolute atomic E-state index is 0.0512. The molecule has 0 aliphatic rings. The molecule has 0 radical (unpaired) electrons. The van der Waals surface area contributed by atoms with E-state index in [1.165, 1.54) is 39.3 Å². The zero-order chi connectivity index (χ0) is 21.4. The maximum atomic E-state index is 12.4. The number of Topliss-reactive ketones (excluding diaryl/α,β-unsaturated/α-hetero) is 1. The van der Waals surface area contributed by atoms with Crippen LogP contribution in [0.1, 0.15) is 27.6 Å². The zero-order valence-electron chi connectivity index (χ0n) is 16.0. The molecule has 2 aromatic rings. The van der Waals surface area contributed by atoms with Crippen LogP contribution in [-0.2, 0) is 19.1 Å². The van der Waals surface area contributed by atoms with Crippen LogP contribution < -0.4 is 10.7 Å². The Morgan fingerprint density at radius 2 is 1.55 bits per heavy atom. The van der Waals surface area contributed by atoms with Crippen molar-refractivity contribution in [3.05, 3.63) is 59.7 Å². The van der Waals surface area contributed by atoms with Crippen molar-refractivity contribution in [1.82, 2.24) is 0 Å². The first-order valence-corrected chi connectivity index (χ1v) is 8.39. The van der Waals surface area contributed by atoms with Gasteiger partial charge in [0.1, 0.15) is 0 Å². The maximum absolute atomic E-state index is 12.4. The SMILES string of the molecule is COC(=O)c1ccc(C(=O)OC)c(N/N=C(/C(C)=O)C(=O)Nc2ccccc2)c1. The highest BCUT2D eigenvalue weighted by molar-refractivity contribution is 6.67. The van der Waals surface area contributed by atoms with E-state index >= 15 is 0 Å². The molecule has 0 aliphatic heterocycles. The number of methoxy groups -OCH3 is 2. The number of anilines is 2. The molecule has 0 heterocycles. The normalized spacial score (nSPS) is 10.7. The van der Waals surface area contributed by atoms with E-state index < -0.39 is 29.3 Å². The number of carbonyl (C=O) groups excluding carboxylic acids is 4. The summed E-state index contributed by atoms with van der Waals surface area (Å²) in [5.74, 6) is -2.67. The van der Waals surface area contributed by atoms with Crippen molar-refractivity contribution in [3.63, 3.8) is 0 Å². The summed E-state index contributed by atoms with van der Waals surface area (Å²) in [6.07, 6.45) is 0. The molecular weight excluding hydrogens is 378 g/mol. The molecule has 0 atom stereocenters.